The standard InChI is InChI=1S/C10H16N6O3S/c1-18-7(17)6-12-10(20)16-8(11)13-9(14-16)15-2-4-19-5-3-15/h2-6H2,1H3,(H,12,20)(H2,11,13,14). The van der Waals surface area contributed by atoms with Crippen LogP contribution in [0.15, 0.2) is 0 Å². The molecule has 0 aliphatic carbocycles. The molecule has 20 heavy (non-hydrogen) atoms. The lowest BCUT2D eigenvalue weighted by atomic mass is 10.4. The number of nitrogens with zero attached hydrogens (tertiary/aromatic N) is 4. The Morgan fingerprint density at radius 1 is 1.55 bits per heavy atom. The lowest BCUT2D eigenvalue weighted by Crippen LogP contribution is -2.37. The average Bonchev–Trinajstić information content (AvgIpc) is 2.87. The molecule has 0 unspecified atom stereocenters. The normalized spacial score (nSPS) is 14.9. The van der Waals surface area contributed by atoms with Gasteiger partial charge in [0.1, 0.15) is 6.54 Å². The molecule has 1 aromatic heterocycles. The number of hydrogen-bond acceptors (Lipinski definition) is 8. The maximum Gasteiger partial charge on any atom is 0.325 e. The van der Waals surface area contributed by atoms with Crippen LogP contribution in [0, 0.1) is 0 Å². The number of aromatic nitrogens is 3. The summed E-state index contributed by atoms with van der Waals surface area (Å²) in [6.45, 7) is 2.60. The first-order chi connectivity index (χ1) is 9.61. The van der Waals surface area contributed by atoms with Gasteiger partial charge in [0.05, 0.1) is 20.3 Å². The van der Waals surface area contributed by atoms with Crippen LogP contribution in [0.25, 0.3) is 0 Å². The first kappa shape index (κ1) is 14.5. The molecule has 2 heterocycles. The molecule has 10 heteroatoms. The van der Waals surface area contributed by atoms with E-state index < -0.39 is 5.97 Å². The minimum Gasteiger partial charge on any atom is -0.468 e. The van der Waals surface area contributed by atoms with Crippen LogP contribution in [0.2, 0.25) is 0 Å². The van der Waals surface area contributed by atoms with Gasteiger partial charge in [-0.25, -0.2) is 0 Å². The number of methoxy groups -OCH3 is 1. The Morgan fingerprint density at radius 3 is 2.90 bits per heavy atom. The molecular weight excluding hydrogens is 284 g/mol. The van der Waals surface area contributed by atoms with Crippen molar-refractivity contribution in [3.63, 3.8) is 0 Å². The molecule has 1 aliphatic heterocycles. The van der Waals surface area contributed by atoms with E-state index in [-0.39, 0.29) is 17.6 Å². The van der Waals surface area contributed by atoms with Gasteiger partial charge >= 0.3 is 5.97 Å². The van der Waals surface area contributed by atoms with E-state index in [1.54, 1.807) is 0 Å². The van der Waals surface area contributed by atoms with Crippen molar-refractivity contribution in [2.45, 2.75) is 0 Å². The maximum atomic E-state index is 11.0. The quantitative estimate of drug-likeness (QED) is 0.514. The number of nitrogens with one attached hydrogen (secondary N) is 1. The summed E-state index contributed by atoms with van der Waals surface area (Å²) < 4.78 is 11.0. The zero-order chi connectivity index (χ0) is 14.5. The number of esters is 1. The van der Waals surface area contributed by atoms with Crippen LogP contribution in [0.1, 0.15) is 0 Å². The van der Waals surface area contributed by atoms with E-state index in [1.807, 2.05) is 4.90 Å². The third-order valence-electron chi connectivity index (χ3n) is 2.72. The van der Waals surface area contributed by atoms with Gasteiger partial charge in [0.25, 0.3) is 0 Å². The van der Waals surface area contributed by atoms with E-state index in [1.165, 1.54) is 11.8 Å². The van der Waals surface area contributed by atoms with Gasteiger partial charge in [-0.3, -0.25) is 4.79 Å². The Kier molecular flexibility index (Phi) is 4.69. The summed E-state index contributed by atoms with van der Waals surface area (Å²) in [4.78, 5) is 17.2. The molecule has 0 amide bonds. The van der Waals surface area contributed by atoms with Crippen LogP contribution in [-0.2, 0) is 14.3 Å². The van der Waals surface area contributed by atoms with Crippen LogP contribution < -0.4 is 16.0 Å². The number of nitrogens with two attached hydrogens (primary N) is 1. The second kappa shape index (κ2) is 6.48. The number of hydrogen-bond donors (Lipinski definition) is 2. The lowest BCUT2D eigenvalue weighted by Gasteiger charge is -2.25. The molecule has 0 aromatic carbocycles. The topological polar surface area (TPSA) is 108 Å². The monoisotopic (exact) mass is 300 g/mol. The van der Waals surface area contributed by atoms with Gasteiger partial charge < -0.3 is 25.4 Å². The number of carbonyl (C=O) groups is 1. The Labute approximate surface area is 121 Å². The molecule has 1 aromatic rings. The summed E-state index contributed by atoms with van der Waals surface area (Å²) in [6.07, 6.45) is 0. The van der Waals surface area contributed by atoms with E-state index in [4.69, 9.17) is 22.7 Å². The number of ether oxygens (including phenoxy) is 2. The van der Waals surface area contributed by atoms with Gasteiger partial charge in [-0.15, -0.1) is 5.10 Å². The van der Waals surface area contributed by atoms with E-state index in [2.05, 4.69) is 20.1 Å². The highest BCUT2D eigenvalue weighted by atomic mass is 32.1. The first-order valence-corrected chi connectivity index (χ1v) is 6.43. The summed E-state index contributed by atoms with van der Waals surface area (Å²) in [6, 6.07) is 0. The van der Waals surface area contributed by atoms with E-state index >= 15 is 0 Å². The number of carbonyl (C=O) groups excluding carboxylic acids is 1. The molecule has 0 spiro atoms. The van der Waals surface area contributed by atoms with Crippen molar-refractivity contribution in [1.29, 1.82) is 0 Å². The molecule has 110 valence electrons. The first-order valence-electron chi connectivity index (χ1n) is 6.02. The zero-order valence-corrected chi connectivity index (χ0v) is 11.9. The van der Waals surface area contributed by atoms with Crippen molar-refractivity contribution < 1.29 is 14.3 Å². The van der Waals surface area contributed by atoms with Gasteiger partial charge in [0, 0.05) is 13.1 Å². The number of nitrogen functional groups attached to an aromatic ring is 1. The molecule has 1 aliphatic rings. The summed E-state index contributed by atoms with van der Waals surface area (Å²) in [5.74, 6) is 0.223. The SMILES string of the molecule is COC(=O)CNC(=S)n1nc(N2CCOCC2)nc1N. The lowest BCUT2D eigenvalue weighted by molar-refractivity contribution is -0.139. The molecule has 0 bridgehead atoms. The van der Waals surface area contributed by atoms with Crippen molar-refractivity contribution in [2.75, 3.05) is 50.6 Å². The van der Waals surface area contributed by atoms with Crippen LogP contribution in [0.5, 0.6) is 0 Å². The van der Waals surface area contributed by atoms with E-state index in [0.29, 0.717) is 32.3 Å². The third-order valence-corrected chi connectivity index (χ3v) is 3.04. The highest BCUT2D eigenvalue weighted by molar-refractivity contribution is 7.80. The van der Waals surface area contributed by atoms with Crippen molar-refractivity contribution in [3.05, 3.63) is 0 Å². The maximum absolute atomic E-state index is 11.0. The Bertz CT molecular complexity index is 499. The highest BCUT2D eigenvalue weighted by Gasteiger charge is 2.18. The largest absolute Gasteiger partial charge is 0.468 e. The van der Waals surface area contributed by atoms with Crippen molar-refractivity contribution >= 4 is 35.2 Å². The predicted octanol–water partition coefficient (Wildman–Crippen LogP) is -1.41. The molecule has 3 N–H and O–H groups in total. The van der Waals surface area contributed by atoms with Crippen LogP contribution in [-0.4, -0.2) is 65.8 Å². The van der Waals surface area contributed by atoms with Crippen molar-refractivity contribution in [3.8, 4) is 0 Å². The zero-order valence-electron chi connectivity index (χ0n) is 11.0. The van der Waals surface area contributed by atoms with Gasteiger partial charge in [0.2, 0.25) is 11.9 Å². The fourth-order valence-corrected chi connectivity index (χ4v) is 1.86. The smallest absolute Gasteiger partial charge is 0.325 e. The van der Waals surface area contributed by atoms with Crippen LogP contribution in [0.3, 0.4) is 0 Å². The summed E-state index contributed by atoms with van der Waals surface area (Å²) >= 11 is 5.11. The van der Waals surface area contributed by atoms with Gasteiger partial charge in [-0.05, 0) is 12.2 Å². The van der Waals surface area contributed by atoms with Crippen molar-refractivity contribution in [1.82, 2.24) is 20.1 Å². The predicted molar refractivity (Wildman–Crippen MR) is 75.5 cm³/mol. The van der Waals surface area contributed by atoms with Gasteiger partial charge in [-0.1, -0.05) is 0 Å². The second-order valence-corrected chi connectivity index (χ2v) is 4.40. The molecule has 0 saturated carbocycles. The van der Waals surface area contributed by atoms with Gasteiger partial charge in [-0.2, -0.15) is 9.67 Å². The third kappa shape index (κ3) is 3.33. The van der Waals surface area contributed by atoms with Crippen LogP contribution in [0.4, 0.5) is 11.9 Å². The molecule has 9 nitrogen and oxygen atoms in total. The summed E-state index contributed by atoms with van der Waals surface area (Å²) in [5.41, 5.74) is 5.78. The fourth-order valence-electron chi connectivity index (χ4n) is 1.65. The Balaban J connectivity index is 2.02. The molecule has 0 radical (unpaired) electrons. The highest BCUT2D eigenvalue weighted by Crippen LogP contribution is 2.12. The number of rotatable bonds is 3. The number of morpholine rings is 1. The number of anilines is 2. The second-order valence-electron chi connectivity index (χ2n) is 4.02. The van der Waals surface area contributed by atoms with Gasteiger partial charge in [0.15, 0.2) is 5.11 Å². The van der Waals surface area contributed by atoms with Crippen molar-refractivity contribution in [2.24, 2.45) is 0 Å². The molecule has 1 saturated heterocycles. The molecule has 1 fully saturated rings. The average molecular weight is 300 g/mol. The minimum absolute atomic E-state index is 0.0540. The molecule has 0 atom stereocenters. The Morgan fingerprint density at radius 2 is 2.25 bits per heavy atom. The summed E-state index contributed by atoms with van der Waals surface area (Å²) in [5, 5.41) is 7.13. The van der Waals surface area contributed by atoms with Crippen LogP contribution >= 0.6 is 12.2 Å². The summed E-state index contributed by atoms with van der Waals surface area (Å²) in [7, 11) is 1.30. The molecule has 2 rings (SSSR count). The minimum atomic E-state index is -0.431. The Hall–Kier alpha value is -1.94. The van der Waals surface area contributed by atoms with E-state index in [0.717, 1.165) is 0 Å². The number of thiocarbonyl (C=S) groups is 1. The fraction of sp³-hybridized carbons (Fsp3) is 0.600. The molecular formula is C10H16N6O3S. The van der Waals surface area contributed by atoms with E-state index in [9.17, 15) is 4.79 Å².